The lowest BCUT2D eigenvalue weighted by molar-refractivity contribution is -0.143. The predicted octanol–water partition coefficient (Wildman–Crippen LogP) is 15.1. The van der Waals surface area contributed by atoms with Gasteiger partial charge in [0.2, 0.25) is 5.91 Å². The highest BCUT2D eigenvalue weighted by Crippen LogP contribution is 2.16. The number of carbonyl (C=O) groups is 2. The minimum absolute atomic E-state index is 0.0143. The van der Waals surface area contributed by atoms with Crippen LogP contribution in [0.25, 0.3) is 0 Å². The molecule has 0 aliphatic carbocycles. The van der Waals surface area contributed by atoms with Crippen LogP contribution >= 0.6 is 0 Å². The van der Waals surface area contributed by atoms with E-state index in [9.17, 15) is 19.8 Å². The SMILES string of the molecule is CCCCCCCCCCCCCCCC(=O)OCCCCC/C=C\C/C=C\CCCCCCCCCC(=O)NC(CO)C(O)CCCCCCCCCCCCC. The predicted molar refractivity (Wildman–Crippen MR) is 250 cm³/mol. The van der Waals surface area contributed by atoms with Gasteiger partial charge in [-0.1, -0.05) is 218 Å². The molecule has 342 valence electrons. The normalized spacial score (nSPS) is 12.8. The van der Waals surface area contributed by atoms with E-state index in [1.165, 1.54) is 154 Å². The highest BCUT2D eigenvalue weighted by atomic mass is 16.5. The van der Waals surface area contributed by atoms with Gasteiger partial charge >= 0.3 is 5.97 Å². The maximum Gasteiger partial charge on any atom is 0.305 e. The third-order valence-corrected chi connectivity index (χ3v) is 11.8. The molecule has 0 radical (unpaired) electrons. The van der Waals surface area contributed by atoms with E-state index in [1.54, 1.807) is 0 Å². The Morgan fingerprint density at radius 3 is 1.31 bits per heavy atom. The highest BCUT2D eigenvalue weighted by molar-refractivity contribution is 5.76. The topological polar surface area (TPSA) is 95.9 Å². The van der Waals surface area contributed by atoms with Crippen molar-refractivity contribution in [2.45, 2.75) is 283 Å². The van der Waals surface area contributed by atoms with Gasteiger partial charge in [-0.3, -0.25) is 9.59 Å². The smallest absolute Gasteiger partial charge is 0.305 e. The monoisotopic (exact) mass is 818 g/mol. The number of hydrogen-bond donors (Lipinski definition) is 3. The molecular weight excluding hydrogens is 719 g/mol. The molecule has 0 aromatic heterocycles. The number of nitrogens with one attached hydrogen (secondary N) is 1. The first-order valence-electron chi connectivity index (χ1n) is 25.6. The Hall–Kier alpha value is -1.66. The largest absolute Gasteiger partial charge is 0.466 e. The zero-order valence-electron chi connectivity index (χ0n) is 38.8. The molecule has 0 aliphatic rings. The number of aliphatic hydroxyl groups is 2. The molecule has 0 rings (SSSR count). The molecule has 0 aromatic rings. The lowest BCUT2D eigenvalue weighted by Gasteiger charge is -2.22. The van der Waals surface area contributed by atoms with Gasteiger partial charge in [0.05, 0.1) is 25.4 Å². The summed E-state index contributed by atoms with van der Waals surface area (Å²) in [6, 6.07) is -0.551. The highest BCUT2D eigenvalue weighted by Gasteiger charge is 2.20. The number of allylic oxidation sites excluding steroid dienone is 4. The molecule has 0 aromatic carbocycles. The van der Waals surface area contributed by atoms with E-state index in [1.807, 2.05) is 0 Å². The Kier molecular flexibility index (Phi) is 46.6. The average Bonchev–Trinajstić information content (AvgIpc) is 3.22. The van der Waals surface area contributed by atoms with E-state index in [2.05, 4.69) is 43.5 Å². The molecule has 3 N–H and O–H groups in total. The molecule has 0 fully saturated rings. The summed E-state index contributed by atoms with van der Waals surface area (Å²) >= 11 is 0. The maximum absolute atomic E-state index is 12.4. The Bertz CT molecular complexity index is 904. The third-order valence-electron chi connectivity index (χ3n) is 11.8. The summed E-state index contributed by atoms with van der Waals surface area (Å²) in [6.07, 6.45) is 55.8. The van der Waals surface area contributed by atoms with E-state index >= 15 is 0 Å². The van der Waals surface area contributed by atoms with E-state index in [-0.39, 0.29) is 18.5 Å². The number of ether oxygens (including phenoxy) is 1. The number of aliphatic hydroxyl groups excluding tert-OH is 2. The number of amides is 1. The maximum atomic E-state index is 12.4. The number of rotatable bonds is 47. The number of esters is 1. The van der Waals surface area contributed by atoms with Crippen molar-refractivity contribution in [2.75, 3.05) is 13.2 Å². The molecule has 58 heavy (non-hydrogen) atoms. The summed E-state index contributed by atoms with van der Waals surface area (Å²) in [4.78, 5) is 24.4. The molecule has 0 spiro atoms. The van der Waals surface area contributed by atoms with Crippen LogP contribution < -0.4 is 5.32 Å². The second-order valence-electron chi connectivity index (χ2n) is 17.5. The summed E-state index contributed by atoms with van der Waals surface area (Å²) in [5, 5.41) is 23.1. The van der Waals surface area contributed by atoms with Gasteiger partial charge in [-0.05, 0) is 64.2 Å². The number of unbranched alkanes of at least 4 members (excludes halogenated alkanes) is 32. The van der Waals surface area contributed by atoms with Gasteiger partial charge in [-0.15, -0.1) is 0 Å². The van der Waals surface area contributed by atoms with Gasteiger partial charge in [0, 0.05) is 12.8 Å². The molecule has 1 amide bonds. The van der Waals surface area contributed by atoms with Crippen LogP contribution in [0.1, 0.15) is 271 Å². The van der Waals surface area contributed by atoms with Crippen molar-refractivity contribution >= 4 is 11.9 Å². The molecular formula is C52H99NO5. The van der Waals surface area contributed by atoms with E-state index in [0.29, 0.717) is 25.9 Å². The Morgan fingerprint density at radius 2 is 0.862 bits per heavy atom. The van der Waals surface area contributed by atoms with Crippen LogP contribution in [0.2, 0.25) is 0 Å². The van der Waals surface area contributed by atoms with Gasteiger partial charge in [-0.25, -0.2) is 0 Å². The second-order valence-corrected chi connectivity index (χ2v) is 17.5. The van der Waals surface area contributed by atoms with Crippen molar-refractivity contribution in [1.82, 2.24) is 5.32 Å². The van der Waals surface area contributed by atoms with Crippen molar-refractivity contribution in [1.29, 1.82) is 0 Å². The molecule has 6 nitrogen and oxygen atoms in total. The molecule has 0 heterocycles. The van der Waals surface area contributed by atoms with Gasteiger partial charge in [-0.2, -0.15) is 0 Å². The fraction of sp³-hybridized carbons (Fsp3) is 0.885. The quantitative estimate of drug-likeness (QED) is 0.0323. The van der Waals surface area contributed by atoms with Gasteiger partial charge in [0.25, 0.3) is 0 Å². The molecule has 0 saturated heterocycles. The molecule has 2 unspecified atom stereocenters. The Morgan fingerprint density at radius 1 is 0.483 bits per heavy atom. The van der Waals surface area contributed by atoms with Crippen molar-refractivity contribution in [3.8, 4) is 0 Å². The van der Waals surface area contributed by atoms with Gasteiger partial charge in [0.15, 0.2) is 0 Å². The second kappa shape index (κ2) is 48.0. The molecule has 0 aliphatic heterocycles. The summed E-state index contributed by atoms with van der Waals surface area (Å²) in [7, 11) is 0. The van der Waals surface area contributed by atoms with Crippen molar-refractivity contribution in [3.63, 3.8) is 0 Å². The lowest BCUT2D eigenvalue weighted by atomic mass is 10.0. The van der Waals surface area contributed by atoms with Crippen LogP contribution in [0, 0.1) is 0 Å². The first kappa shape index (κ1) is 56.3. The molecule has 6 heteroatoms. The minimum atomic E-state index is -0.672. The Balaban J connectivity index is 3.49. The fourth-order valence-electron chi connectivity index (χ4n) is 7.79. The van der Waals surface area contributed by atoms with E-state index in [4.69, 9.17) is 4.74 Å². The number of hydrogen-bond acceptors (Lipinski definition) is 5. The van der Waals surface area contributed by atoms with Crippen LogP contribution in [0.3, 0.4) is 0 Å². The first-order valence-corrected chi connectivity index (χ1v) is 25.6. The standard InChI is InChI=1S/C52H99NO5/c1-3-5-7-9-11-13-15-21-26-30-34-38-42-46-52(57)58-47-43-39-35-31-27-23-20-18-16-17-19-22-25-29-33-37-41-45-51(56)53-49(48-54)50(55)44-40-36-32-28-24-14-12-10-8-6-4-2/h16,18,23,27,49-50,54-55H,3-15,17,19-22,24-26,28-48H2,1-2H3,(H,53,56)/b18-16-,27-23-. The van der Waals surface area contributed by atoms with E-state index in [0.717, 1.165) is 83.5 Å². The van der Waals surface area contributed by atoms with Crippen molar-refractivity contribution < 1.29 is 24.5 Å². The summed E-state index contributed by atoms with van der Waals surface area (Å²) in [5.74, 6) is -0.0667. The van der Waals surface area contributed by atoms with Crippen LogP contribution in [0.4, 0.5) is 0 Å². The first-order chi connectivity index (χ1) is 28.5. The van der Waals surface area contributed by atoms with E-state index < -0.39 is 12.1 Å². The zero-order chi connectivity index (χ0) is 42.3. The van der Waals surface area contributed by atoms with Crippen LogP contribution in [0.5, 0.6) is 0 Å². The van der Waals surface area contributed by atoms with Crippen LogP contribution in [-0.2, 0) is 14.3 Å². The molecule has 0 saturated carbocycles. The van der Waals surface area contributed by atoms with Crippen LogP contribution in [0.15, 0.2) is 24.3 Å². The average molecular weight is 818 g/mol. The summed E-state index contributed by atoms with van der Waals surface area (Å²) < 4.78 is 5.44. The molecule has 2 atom stereocenters. The minimum Gasteiger partial charge on any atom is -0.466 e. The zero-order valence-corrected chi connectivity index (χ0v) is 38.8. The number of carbonyl (C=O) groups excluding carboxylic acids is 2. The van der Waals surface area contributed by atoms with Crippen LogP contribution in [-0.4, -0.2) is 47.4 Å². The lowest BCUT2D eigenvalue weighted by Crippen LogP contribution is -2.45. The summed E-state index contributed by atoms with van der Waals surface area (Å²) in [5.41, 5.74) is 0. The van der Waals surface area contributed by atoms with Crippen molar-refractivity contribution in [2.24, 2.45) is 0 Å². The third kappa shape index (κ3) is 43.9. The van der Waals surface area contributed by atoms with Gasteiger partial charge in [0.1, 0.15) is 0 Å². The Labute approximate surface area is 361 Å². The molecule has 0 bridgehead atoms. The van der Waals surface area contributed by atoms with Crippen molar-refractivity contribution in [3.05, 3.63) is 24.3 Å². The van der Waals surface area contributed by atoms with Gasteiger partial charge < -0.3 is 20.3 Å². The fourth-order valence-corrected chi connectivity index (χ4v) is 7.79. The summed E-state index contributed by atoms with van der Waals surface area (Å²) in [6.45, 7) is 4.89.